The molecule has 0 atom stereocenters. The first kappa shape index (κ1) is 17.6. The van der Waals surface area contributed by atoms with Crippen LogP contribution in [0.3, 0.4) is 0 Å². The average Bonchev–Trinajstić information content (AvgIpc) is 2.35. The molecule has 0 fully saturated rings. The van der Waals surface area contributed by atoms with Gasteiger partial charge in [0.2, 0.25) is 0 Å². The maximum atomic E-state index is 11.5. The Morgan fingerprint density at radius 3 is 2.71 bits per heavy atom. The second kappa shape index (κ2) is 8.08. The van der Waals surface area contributed by atoms with Crippen LogP contribution in [0.2, 0.25) is 0 Å². The first-order valence-electron chi connectivity index (χ1n) is 6.87. The van der Waals surface area contributed by atoms with Crippen LogP contribution in [0.15, 0.2) is 28.7 Å². The third-order valence-electron chi connectivity index (χ3n) is 2.33. The predicted molar refractivity (Wildman–Crippen MR) is 88.6 cm³/mol. The topological polar surface area (TPSA) is 47.6 Å². The third-order valence-corrected chi connectivity index (χ3v) is 2.83. The van der Waals surface area contributed by atoms with Crippen molar-refractivity contribution < 1.29 is 14.3 Å². The van der Waals surface area contributed by atoms with E-state index in [-0.39, 0.29) is 0 Å². The van der Waals surface area contributed by atoms with Crippen LogP contribution in [0.1, 0.15) is 33.3 Å². The number of carbonyl (C=O) groups excluding carboxylic acids is 1. The number of benzene rings is 1. The van der Waals surface area contributed by atoms with Gasteiger partial charge in [0.05, 0.1) is 6.61 Å². The highest BCUT2D eigenvalue weighted by atomic mass is 79.9. The van der Waals surface area contributed by atoms with Crippen LogP contribution >= 0.6 is 15.9 Å². The van der Waals surface area contributed by atoms with Crippen molar-refractivity contribution in [1.82, 2.24) is 5.32 Å². The van der Waals surface area contributed by atoms with Crippen molar-refractivity contribution in [3.63, 3.8) is 0 Å². The number of alkyl carbamates (subject to hydrolysis) is 1. The first-order valence-corrected chi connectivity index (χ1v) is 7.67. The van der Waals surface area contributed by atoms with Gasteiger partial charge >= 0.3 is 6.09 Å². The van der Waals surface area contributed by atoms with E-state index in [1.807, 2.05) is 58.0 Å². The molecule has 0 aliphatic carbocycles. The summed E-state index contributed by atoms with van der Waals surface area (Å²) in [6.07, 6.45) is 3.34. The Bertz CT molecular complexity index is 507. The average molecular weight is 356 g/mol. The third kappa shape index (κ3) is 7.18. The molecule has 1 aromatic carbocycles. The molecule has 0 aliphatic heterocycles. The molecule has 21 heavy (non-hydrogen) atoms. The fourth-order valence-corrected chi connectivity index (χ4v) is 1.96. The minimum Gasteiger partial charge on any atom is -0.493 e. The monoisotopic (exact) mass is 355 g/mol. The Kier molecular flexibility index (Phi) is 6.75. The van der Waals surface area contributed by atoms with Crippen molar-refractivity contribution in [2.24, 2.45) is 0 Å². The zero-order valence-corrected chi connectivity index (χ0v) is 14.5. The van der Waals surface area contributed by atoms with Crippen LogP contribution in [0.4, 0.5) is 4.79 Å². The summed E-state index contributed by atoms with van der Waals surface area (Å²) < 4.78 is 11.7. The molecule has 4 nitrogen and oxygen atoms in total. The zero-order chi connectivity index (χ0) is 15.9. The lowest BCUT2D eigenvalue weighted by Gasteiger charge is -2.19. The molecule has 0 heterocycles. The van der Waals surface area contributed by atoms with E-state index < -0.39 is 11.7 Å². The van der Waals surface area contributed by atoms with Crippen LogP contribution in [-0.4, -0.2) is 24.8 Å². The summed E-state index contributed by atoms with van der Waals surface area (Å²) in [5.41, 5.74) is 0.470. The quantitative estimate of drug-likeness (QED) is 0.851. The molecule has 1 N–H and O–H groups in total. The van der Waals surface area contributed by atoms with E-state index in [2.05, 4.69) is 21.2 Å². The first-order chi connectivity index (χ1) is 9.81. The minimum absolute atomic E-state index is 0.396. The second-order valence-electron chi connectivity index (χ2n) is 5.40. The lowest BCUT2D eigenvalue weighted by molar-refractivity contribution is 0.0534. The van der Waals surface area contributed by atoms with Crippen molar-refractivity contribution in [2.75, 3.05) is 13.2 Å². The van der Waals surface area contributed by atoms with Gasteiger partial charge in [0.1, 0.15) is 11.4 Å². The maximum Gasteiger partial charge on any atom is 0.407 e. The number of hydrogen-bond donors (Lipinski definition) is 1. The highest BCUT2D eigenvalue weighted by molar-refractivity contribution is 9.10. The van der Waals surface area contributed by atoms with E-state index in [1.54, 1.807) is 0 Å². The predicted octanol–water partition coefficient (Wildman–Crippen LogP) is 4.39. The van der Waals surface area contributed by atoms with Gasteiger partial charge in [-0.05, 0) is 45.9 Å². The molecule has 0 bridgehead atoms. The van der Waals surface area contributed by atoms with Crippen molar-refractivity contribution >= 4 is 28.1 Å². The Balaban J connectivity index is 2.57. The molecular formula is C16H22BrNO3. The van der Waals surface area contributed by atoms with Gasteiger partial charge in [-0.1, -0.05) is 28.1 Å². The Hall–Kier alpha value is -1.49. The minimum atomic E-state index is -0.486. The molecule has 1 amide bonds. The molecule has 5 heteroatoms. The number of amides is 1. The molecule has 1 rings (SSSR count). The lowest BCUT2D eigenvalue weighted by atomic mass is 10.2. The molecular weight excluding hydrogens is 334 g/mol. The van der Waals surface area contributed by atoms with Gasteiger partial charge < -0.3 is 14.8 Å². The molecule has 0 unspecified atom stereocenters. The number of hydrogen-bond acceptors (Lipinski definition) is 3. The molecule has 1 aromatic rings. The normalized spacial score (nSPS) is 11.5. The second-order valence-corrected chi connectivity index (χ2v) is 6.32. The summed E-state index contributed by atoms with van der Waals surface area (Å²) in [5.74, 6) is 0.814. The maximum absolute atomic E-state index is 11.5. The Labute approximate surface area is 134 Å². The summed E-state index contributed by atoms with van der Waals surface area (Å²) in [6.45, 7) is 8.44. The Morgan fingerprint density at radius 2 is 2.10 bits per heavy atom. The zero-order valence-electron chi connectivity index (χ0n) is 12.9. The highest BCUT2D eigenvalue weighted by Crippen LogP contribution is 2.24. The fraction of sp³-hybridized carbons (Fsp3) is 0.438. The molecule has 0 aromatic heterocycles. The smallest absolute Gasteiger partial charge is 0.407 e. The number of nitrogens with one attached hydrogen (secondary N) is 1. The van der Waals surface area contributed by atoms with Gasteiger partial charge in [0.15, 0.2) is 0 Å². The number of carbonyl (C=O) groups is 1. The number of ether oxygens (including phenoxy) is 2. The largest absolute Gasteiger partial charge is 0.493 e. The number of rotatable bonds is 5. The van der Waals surface area contributed by atoms with E-state index in [9.17, 15) is 4.79 Å². The van der Waals surface area contributed by atoms with E-state index in [0.29, 0.717) is 13.2 Å². The van der Waals surface area contributed by atoms with E-state index in [0.717, 1.165) is 15.8 Å². The molecule has 116 valence electrons. The molecule has 0 saturated heterocycles. The Morgan fingerprint density at radius 1 is 1.38 bits per heavy atom. The van der Waals surface area contributed by atoms with Gasteiger partial charge in [-0.2, -0.15) is 0 Å². The lowest BCUT2D eigenvalue weighted by Crippen LogP contribution is -2.32. The summed E-state index contributed by atoms with van der Waals surface area (Å²) in [5, 5.41) is 2.68. The molecule has 0 spiro atoms. The van der Waals surface area contributed by atoms with Crippen molar-refractivity contribution in [1.29, 1.82) is 0 Å². The van der Waals surface area contributed by atoms with E-state index >= 15 is 0 Å². The van der Waals surface area contributed by atoms with Gasteiger partial charge in [0, 0.05) is 16.6 Å². The SMILES string of the molecule is CCOc1ccc(Br)cc1C=CCNC(=O)OC(C)(C)C. The van der Waals surface area contributed by atoms with Crippen molar-refractivity contribution in [2.45, 2.75) is 33.3 Å². The number of halogens is 1. The van der Waals surface area contributed by atoms with Crippen molar-refractivity contribution in [3.8, 4) is 5.75 Å². The van der Waals surface area contributed by atoms with E-state index in [4.69, 9.17) is 9.47 Å². The molecule has 0 aliphatic rings. The van der Waals surface area contributed by atoms with Crippen LogP contribution < -0.4 is 10.1 Å². The van der Waals surface area contributed by atoms with Crippen LogP contribution in [0.5, 0.6) is 5.75 Å². The highest BCUT2D eigenvalue weighted by Gasteiger charge is 2.14. The summed E-state index contributed by atoms with van der Waals surface area (Å²) in [6, 6.07) is 5.81. The summed E-state index contributed by atoms with van der Waals surface area (Å²) >= 11 is 3.43. The summed E-state index contributed by atoms with van der Waals surface area (Å²) in [7, 11) is 0. The van der Waals surface area contributed by atoms with Crippen LogP contribution in [-0.2, 0) is 4.74 Å². The summed E-state index contributed by atoms with van der Waals surface area (Å²) in [4.78, 5) is 11.5. The van der Waals surface area contributed by atoms with E-state index in [1.165, 1.54) is 0 Å². The standard InChI is InChI=1S/C16H22BrNO3/c1-5-20-14-9-8-13(17)11-12(14)7-6-10-18-15(19)21-16(2,3)4/h6-9,11H,5,10H2,1-4H3,(H,18,19). The van der Waals surface area contributed by atoms with Gasteiger partial charge in [-0.25, -0.2) is 4.79 Å². The fourth-order valence-electron chi connectivity index (χ4n) is 1.58. The van der Waals surface area contributed by atoms with Crippen LogP contribution in [0.25, 0.3) is 6.08 Å². The molecule has 0 saturated carbocycles. The van der Waals surface area contributed by atoms with Crippen molar-refractivity contribution in [3.05, 3.63) is 34.3 Å². The molecule has 0 radical (unpaired) electrons. The van der Waals surface area contributed by atoms with Gasteiger partial charge in [-0.15, -0.1) is 0 Å². The van der Waals surface area contributed by atoms with Gasteiger partial charge in [0.25, 0.3) is 0 Å². The van der Waals surface area contributed by atoms with Gasteiger partial charge in [-0.3, -0.25) is 0 Å². The van der Waals surface area contributed by atoms with Crippen LogP contribution in [0, 0.1) is 0 Å².